The molecule has 92 valence electrons. The maximum absolute atomic E-state index is 11.4. The number of esters is 2. The van der Waals surface area contributed by atoms with Crippen molar-refractivity contribution in [3.63, 3.8) is 0 Å². The molecule has 0 saturated heterocycles. The van der Waals surface area contributed by atoms with E-state index in [9.17, 15) is 14.4 Å². The minimum Gasteiger partial charge on any atom is -0.465 e. The zero-order valence-corrected chi connectivity index (χ0v) is 9.74. The number of amides is 1. The number of ether oxygens (including phenoxy) is 2. The van der Waals surface area contributed by atoms with Gasteiger partial charge in [0.25, 0.3) is 0 Å². The van der Waals surface area contributed by atoms with Crippen molar-refractivity contribution in [2.75, 3.05) is 19.8 Å². The second-order valence-corrected chi connectivity index (χ2v) is 2.99. The molecule has 16 heavy (non-hydrogen) atoms. The van der Waals surface area contributed by atoms with Crippen molar-refractivity contribution in [2.45, 2.75) is 20.8 Å². The molecule has 0 atom stereocenters. The summed E-state index contributed by atoms with van der Waals surface area (Å²) in [6.45, 7) is 4.82. The molecule has 1 amide bonds. The summed E-state index contributed by atoms with van der Waals surface area (Å²) in [4.78, 5) is 33.5. The Kier molecular flexibility index (Phi) is 6.91. The molecule has 0 unspecified atom stereocenters. The van der Waals surface area contributed by atoms with Gasteiger partial charge in [-0.2, -0.15) is 0 Å². The average molecular weight is 231 g/mol. The second kappa shape index (κ2) is 7.67. The van der Waals surface area contributed by atoms with E-state index in [2.05, 4.69) is 5.32 Å². The molecule has 0 aliphatic carbocycles. The van der Waals surface area contributed by atoms with Gasteiger partial charge in [0.2, 0.25) is 5.91 Å². The average Bonchev–Trinajstić information content (AvgIpc) is 2.18. The van der Waals surface area contributed by atoms with E-state index < -0.39 is 17.9 Å². The summed E-state index contributed by atoms with van der Waals surface area (Å²) < 4.78 is 9.43. The van der Waals surface area contributed by atoms with Crippen molar-refractivity contribution in [2.24, 2.45) is 5.92 Å². The molecule has 0 saturated carbocycles. The van der Waals surface area contributed by atoms with Crippen molar-refractivity contribution < 1.29 is 23.9 Å². The number of hydrogen-bond acceptors (Lipinski definition) is 5. The lowest BCUT2D eigenvalue weighted by Gasteiger charge is -2.14. The Morgan fingerprint density at radius 2 is 1.50 bits per heavy atom. The largest absolute Gasteiger partial charge is 0.465 e. The van der Waals surface area contributed by atoms with Gasteiger partial charge in [-0.1, -0.05) is 0 Å². The molecule has 0 rings (SSSR count). The Labute approximate surface area is 94.3 Å². The van der Waals surface area contributed by atoms with E-state index >= 15 is 0 Å². The lowest BCUT2D eigenvalue weighted by atomic mass is 10.1. The Hall–Kier alpha value is -1.59. The third-order valence-electron chi connectivity index (χ3n) is 1.70. The first kappa shape index (κ1) is 14.4. The fourth-order valence-electron chi connectivity index (χ4n) is 0.994. The van der Waals surface area contributed by atoms with Gasteiger partial charge >= 0.3 is 11.9 Å². The molecule has 6 nitrogen and oxygen atoms in total. The van der Waals surface area contributed by atoms with Gasteiger partial charge in [-0.05, 0) is 13.8 Å². The molecular formula is C10H17NO5. The normalized spacial score (nSPS) is 9.75. The Morgan fingerprint density at radius 1 is 1.06 bits per heavy atom. The van der Waals surface area contributed by atoms with E-state index in [0.29, 0.717) is 0 Å². The summed E-state index contributed by atoms with van der Waals surface area (Å²) in [5.74, 6) is -2.79. The quantitative estimate of drug-likeness (QED) is 0.508. The van der Waals surface area contributed by atoms with Crippen LogP contribution in [0, 0.1) is 5.92 Å². The Bertz CT molecular complexity index is 246. The predicted octanol–water partition coefficient (Wildman–Crippen LogP) is -0.135. The summed E-state index contributed by atoms with van der Waals surface area (Å²) in [5.41, 5.74) is 0. The van der Waals surface area contributed by atoms with Gasteiger partial charge in [-0.25, -0.2) is 0 Å². The molecular weight excluding hydrogens is 214 g/mol. The summed E-state index contributed by atoms with van der Waals surface area (Å²) in [7, 11) is 0. The van der Waals surface area contributed by atoms with E-state index in [-0.39, 0.29) is 25.7 Å². The van der Waals surface area contributed by atoms with Crippen LogP contribution >= 0.6 is 0 Å². The lowest BCUT2D eigenvalue weighted by molar-refractivity contribution is -0.161. The van der Waals surface area contributed by atoms with Crippen LogP contribution in [0.25, 0.3) is 0 Å². The van der Waals surface area contributed by atoms with Crippen LogP contribution in [0.15, 0.2) is 0 Å². The van der Waals surface area contributed by atoms with Gasteiger partial charge in [0.05, 0.1) is 13.2 Å². The zero-order valence-electron chi connectivity index (χ0n) is 9.74. The van der Waals surface area contributed by atoms with Gasteiger partial charge in [0.15, 0.2) is 5.92 Å². The molecule has 1 N–H and O–H groups in total. The minimum absolute atomic E-state index is 0.104. The number of rotatable bonds is 6. The Morgan fingerprint density at radius 3 is 1.81 bits per heavy atom. The number of carbonyl (C=O) groups is 3. The third kappa shape index (κ3) is 5.33. The highest BCUT2D eigenvalue weighted by molar-refractivity contribution is 5.95. The van der Waals surface area contributed by atoms with Crippen LogP contribution in [0.2, 0.25) is 0 Å². The van der Waals surface area contributed by atoms with E-state index in [1.807, 2.05) is 0 Å². The van der Waals surface area contributed by atoms with E-state index in [1.165, 1.54) is 6.92 Å². The van der Waals surface area contributed by atoms with E-state index in [1.54, 1.807) is 13.8 Å². The van der Waals surface area contributed by atoms with Crippen LogP contribution in [0.1, 0.15) is 20.8 Å². The molecule has 0 aromatic carbocycles. The molecule has 0 fully saturated rings. The monoisotopic (exact) mass is 231 g/mol. The summed E-state index contributed by atoms with van der Waals surface area (Å²) in [6, 6.07) is 0. The molecule has 0 radical (unpaired) electrons. The Balaban J connectivity index is 4.42. The molecule has 0 bridgehead atoms. The third-order valence-corrected chi connectivity index (χ3v) is 1.70. The van der Waals surface area contributed by atoms with Crippen LogP contribution < -0.4 is 5.32 Å². The molecule has 0 aromatic rings. The summed E-state index contributed by atoms with van der Waals surface area (Å²) in [6.07, 6.45) is 0. The smallest absolute Gasteiger partial charge is 0.322 e. The van der Waals surface area contributed by atoms with Gasteiger partial charge in [-0.15, -0.1) is 0 Å². The minimum atomic E-state index is -1.09. The van der Waals surface area contributed by atoms with Crippen LogP contribution in [0.3, 0.4) is 0 Å². The topological polar surface area (TPSA) is 81.7 Å². The van der Waals surface area contributed by atoms with Gasteiger partial charge in [0, 0.05) is 13.5 Å². The fourth-order valence-corrected chi connectivity index (χ4v) is 0.994. The van der Waals surface area contributed by atoms with Crippen molar-refractivity contribution in [3.05, 3.63) is 0 Å². The summed E-state index contributed by atoms with van der Waals surface area (Å²) in [5, 5.41) is 2.38. The first-order valence-electron chi connectivity index (χ1n) is 5.10. The summed E-state index contributed by atoms with van der Waals surface area (Å²) >= 11 is 0. The molecule has 0 heterocycles. The standard InChI is InChI=1S/C10H17NO5/c1-4-15-9(13)8(6-11-7(3)12)10(14)16-5-2/h8H,4-6H2,1-3H3,(H,11,12). The van der Waals surface area contributed by atoms with Crippen LogP contribution in [0.4, 0.5) is 0 Å². The highest BCUT2D eigenvalue weighted by Crippen LogP contribution is 2.02. The predicted molar refractivity (Wildman–Crippen MR) is 55.4 cm³/mol. The lowest BCUT2D eigenvalue weighted by Crippen LogP contribution is -2.38. The molecule has 6 heteroatoms. The van der Waals surface area contributed by atoms with Gasteiger partial charge in [-0.3, -0.25) is 14.4 Å². The van der Waals surface area contributed by atoms with E-state index in [0.717, 1.165) is 0 Å². The molecule has 0 aliphatic heterocycles. The van der Waals surface area contributed by atoms with E-state index in [4.69, 9.17) is 9.47 Å². The second-order valence-electron chi connectivity index (χ2n) is 2.99. The van der Waals surface area contributed by atoms with Crippen molar-refractivity contribution >= 4 is 17.8 Å². The van der Waals surface area contributed by atoms with Gasteiger partial charge in [0.1, 0.15) is 0 Å². The maximum Gasteiger partial charge on any atom is 0.322 e. The number of hydrogen-bond donors (Lipinski definition) is 1. The van der Waals surface area contributed by atoms with Crippen molar-refractivity contribution in [1.82, 2.24) is 5.32 Å². The highest BCUT2D eigenvalue weighted by atomic mass is 16.6. The van der Waals surface area contributed by atoms with Gasteiger partial charge < -0.3 is 14.8 Å². The zero-order chi connectivity index (χ0) is 12.6. The van der Waals surface area contributed by atoms with Crippen LogP contribution in [-0.2, 0) is 23.9 Å². The first-order chi connectivity index (χ1) is 7.52. The first-order valence-corrected chi connectivity index (χ1v) is 5.10. The molecule has 0 aromatic heterocycles. The fraction of sp³-hybridized carbons (Fsp3) is 0.700. The molecule has 0 spiro atoms. The highest BCUT2D eigenvalue weighted by Gasteiger charge is 2.29. The van der Waals surface area contributed by atoms with Crippen molar-refractivity contribution in [1.29, 1.82) is 0 Å². The number of nitrogens with one attached hydrogen (secondary N) is 1. The number of carbonyl (C=O) groups excluding carboxylic acids is 3. The SMILES string of the molecule is CCOC(=O)C(CNC(C)=O)C(=O)OCC. The van der Waals surface area contributed by atoms with Crippen LogP contribution in [-0.4, -0.2) is 37.6 Å². The maximum atomic E-state index is 11.4. The molecule has 0 aliphatic rings. The van der Waals surface area contributed by atoms with Crippen LogP contribution in [0.5, 0.6) is 0 Å². The van der Waals surface area contributed by atoms with Crippen molar-refractivity contribution in [3.8, 4) is 0 Å².